The van der Waals surface area contributed by atoms with Crippen molar-refractivity contribution >= 4 is 16.0 Å². The second-order valence-electron chi connectivity index (χ2n) is 4.53. The lowest BCUT2D eigenvalue weighted by atomic mass is 10.2. The quantitative estimate of drug-likeness (QED) is 0.835. The number of aryl methyl sites for hydroxylation is 1. The Hall–Kier alpha value is -1.38. The van der Waals surface area contributed by atoms with Crippen molar-refractivity contribution in [3.05, 3.63) is 18.5 Å². The number of aromatic nitrogens is 1. The maximum atomic E-state index is 12.4. The lowest BCUT2D eigenvalue weighted by molar-refractivity contribution is -0.140. The minimum absolute atomic E-state index is 0.0602. The van der Waals surface area contributed by atoms with Gasteiger partial charge in [-0.05, 0) is 6.07 Å². The number of carbonyl (C=O) groups is 1. The molecule has 0 saturated carbocycles. The number of sulfonamides is 1. The smallest absolute Gasteiger partial charge is 0.322 e. The number of ether oxygens (including phenoxy) is 1. The maximum absolute atomic E-state index is 12.4. The molecular weight excluding hydrogens is 272 g/mol. The normalized spacial score (nSPS) is 24.7. The molecule has 0 spiro atoms. The van der Waals surface area contributed by atoms with Crippen molar-refractivity contribution in [1.82, 2.24) is 8.87 Å². The molecule has 2 rings (SSSR count). The Morgan fingerprint density at radius 1 is 1.53 bits per heavy atom. The van der Waals surface area contributed by atoms with E-state index in [2.05, 4.69) is 0 Å². The van der Waals surface area contributed by atoms with E-state index in [1.54, 1.807) is 17.8 Å². The predicted molar refractivity (Wildman–Crippen MR) is 66.1 cm³/mol. The first-order valence-electron chi connectivity index (χ1n) is 5.75. The van der Waals surface area contributed by atoms with Crippen molar-refractivity contribution in [3.8, 4) is 0 Å². The second kappa shape index (κ2) is 4.95. The number of carboxylic acid groups (broad SMARTS) is 1. The molecule has 1 saturated heterocycles. The van der Waals surface area contributed by atoms with Crippen molar-refractivity contribution in [2.75, 3.05) is 13.7 Å². The summed E-state index contributed by atoms with van der Waals surface area (Å²) in [6.45, 7) is 0.0602. The van der Waals surface area contributed by atoms with Gasteiger partial charge in [0.1, 0.15) is 6.04 Å². The summed E-state index contributed by atoms with van der Waals surface area (Å²) >= 11 is 0. The van der Waals surface area contributed by atoms with E-state index in [9.17, 15) is 13.2 Å². The molecule has 0 aliphatic carbocycles. The fourth-order valence-corrected chi connectivity index (χ4v) is 3.87. The van der Waals surface area contributed by atoms with Gasteiger partial charge in [-0.3, -0.25) is 4.79 Å². The molecule has 19 heavy (non-hydrogen) atoms. The van der Waals surface area contributed by atoms with Crippen molar-refractivity contribution in [2.24, 2.45) is 7.05 Å². The van der Waals surface area contributed by atoms with Crippen LogP contribution in [-0.2, 0) is 26.6 Å². The van der Waals surface area contributed by atoms with Gasteiger partial charge in [-0.2, -0.15) is 4.31 Å². The zero-order chi connectivity index (χ0) is 14.2. The van der Waals surface area contributed by atoms with Crippen molar-refractivity contribution in [1.29, 1.82) is 0 Å². The van der Waals surface area contributed by atoms with E-state index in [1.807, 2.05) is 0 Å². The number of hydrogen-bond acceptors (Lipinski definition) is 4. The van der Waals surface area contributed by atoms with Gasteiger partial charge in [-0.1, -0.05) is 0 Å². The molecular formula is C11H16N2O5S. The van der Waals surface area contributed by atoms with Crippen LogP contribution in [0, 0.1) is 0 Å². The van der Waals surface area contributed by atoms with Gasteiger partial charge in [0.25, 0.3) is 0 Å². The minimum atomic E-state index is -3.80. The highest BCUT2D eigenvalue weighted by Gasteiger charge is 2.44. The van der Waals surface area contributed by atoms with Crippen LogP contribution < -0.4 is 0 Å². The number of rotatable bonds is 4. The van der Waals surface area contributed by atoms with Crippen LogP contribution in [0.15, 0.2) is 23.4 Å². The first kappa shape index (κ1) is 14.0. The molecule has 0 amide bonds. The van der Waals surface area contributed by atoms with Crippen molar-refractivity contribution in [2.45, 2.75) is 23.5 Å². The van der Waals surface area contributed by atoms with Crippen LogP contribution in [0.1, 0.15) is 6.42 Å². The van der Waals surface area contributed by atoms with E-state index < -0.39 is 22.0 Å². The maximum Gasteiger partial charge on any atom is 0.322 e. The van der Waals surface area contributed by atoms with Gasteiger partial charge in [-0.15, -0.1) is 0 Å². The molecule has 2 atom stereocenters. The van der Waals surface area contributed by atoms with Crippen molar-refractivity contribution < 1.29 is 23.1 Å². The molecule has 8 heteroatoms. The second-order valence-corrected chi connectivity index (χ2v) is 6.43. The third kappa shape index (κ3) is 2.51. The summed E-state index contributed by atoms with van der Waals surface area (Å²) in [5.41, 5.74) is 0. The van der Waals surface area contributed by atoms with Gasteiger partial charge < -0.3 is 14.4 Å². The molecule has 2 unspecified atom stereocenters. The fraction of sp³-hybridized carbons (Fsp3) is 0.545. The third-order valence-corrected chi connectivity index (χ3v) is 5.11. The molecule has 106 valence electrons. The van der Waals surface area contributed by atoms with Crippen LogP contribution >= 0.6 is 0 Å². The van der Waals surface area contributed by atoms with Crippen LogP contribution in [0.5, 0.6) is 0 Å². The number of hydrogen-bond donors (Lipinski definition) is 1. The van der Waals surface area contributed by atoms with Gasteiger partial charge >= 0.3 is 5.97 Å². The summed E-state index contributed by atoms with van der Waals surface area (Å²) in [5, 5.41) is 9.15. The highest BCUT2D eigenvalue weighted by atomic mass is 32.2. The Kier molecular flexibility index (Phi) is 3.66. The Bertz CT molecular complexity index is 580. The third-order valence-electron chi connectivity index (χ3n) is 3.25. The Labute approximate surface area is 111 Å². The van der Waals surface area contributed by atoms with Gasteiger partial charge in [0.2, 0.25) is 10.0 Å². The number of nitrogens with zero attached hydrogens (tertiary/aromatic N) is 2. The number of aliphatic carboxylic acids is 1. The van der Waals surface area contributed by atoms with Crippen LogP contribution in [0.25, 0.3) is 0 Å². The summed E-state index contributed by atoms with van der Waals surface area (Å²) in [4.78, 5) is 11.3. The minimum Gasteiger partial charge on any atom is -0.480 e. The van der Waals surface area contributed by atoms with E-state index in [1.165, 1.54) is 19.4 Å². The zero-order valence-electron chi connectivity index (χ0n) is 10.7. The highest BCUT2D eigenvalue weighted by molar-refractivity contribution is 7.89. The highest BCUT2D eigenvalue weighted by Crippen LogP contribution is 2.27. The summed E-state index contributed by atoms with van der Waals surface area (Å²) in [5.74, 6) is -1.15. The molecule has 1 aliphatic heterocycles. The van der Waals surface area contributed by atoms with Gasteiger partial charge in [0, 0.05) is 39.5 Å². The molecule has 0 radical (unpaired) electrons. The zero-order valence-corrected chi connectivity index (χ0v) is 11.5. The van der Waals surface area contributed by atoms with Crippen molar-refractivity contribution in [3.63, 3.8) is 0 Å². The molecule has 0 aromatic carbocycles. The Morgan fingerprint density at radius 2 is 2.21 bits per heavy atom. The molecule has 1 aromatic heterocycles. The van der Waals surface area contributed by atoms with Crippen LogP contribution in [0.3, 0.4) is 0 Å². The molecule has 1 N–H and O–H groups in total. The van der Waals surface area contributed by atoms with Crippen LogP contribution in [0.4, 0.5) is 0 Å². The fourth-order valence-electron chi connectivity index (χ4n) is 2.20. The summed E-state index contributed by atoms with van der Waals surface area (Å²) < 4.78 is 32.5. The summed E-state index contributed by atoms with van der Waals surface area (Å²) in [6, 6.07) is 0.379. The lowest BCUT2D eigenvalue weighted by Gasteiger charge is -2.19. The van der Waals surface area contributed by atoms with E-state index in [4.69, 9.17) is 9.84 Å². The Morgan fingerprint density at radius 3 is 2.68 bits per heavy atom. The van der Waals surface area contributed by atoms with Gasteiger partial charge in [0.15, 0.2) is 0 Å². The average molecular weight is 288 g/mol. The monoisotopic (exact) mass is 288 g/mol. The van der Waals surface area contributed by atoms with Crippen LogP contribution in [-0.4, -0.2) is 54.2 Å². The Balaban J connectivity index is 2.36. The van der Waals surface area contributed by atoms with E-state index >= 15 is 0 Å². The van der Waals surface area contributed by atoms with E-state index in [0.717, 1.165) is 4.31 Å². The first-order chi connectivity index (χ1) is 8.86. The van der Waals surface area contributed by atoms with E-state index in [-0.39, 0.29) is 24.0 Å². The molecule has 1 fully saturated rings. The summed E-state index contributed by atoms with van der Waals surface area (Å²) in [7, 11) is -0.653. The predicted octanol–water partition coefficient (Wildman–Crippen LogP) is -0.112. The lowest BCUT2D eigenvalue weighted by Crippen LogP contribution is -2.40. The number of carboxylic acids is 1. The van der Waals surface area contributed by atoms with E-state index in [0.29, 0.717) is 0 Å². The molecule has 2 heterocycles. The molecule has 0 bridgehead atoms. The molecule has 7 nitrogen and oxygen atoms in total. The standard InChI is InChI=1S/C11H16N2O5S/c1-12-4-3-9(7-12)19(16,17)13-6-8(18-2)5-10(13)11(14)15/h3-4,7-8,10H,5-6H2,1-2H3,(H,14,15). The molecule has 1 aromatic rings. The molecule has 1 aliphatic rings. The van der Waals surface area contributed by atoms with Gasteiger partial charge in [0.05, 0.1) is 11.0 Å². The van der Waals surface area contributed by atoms with Gasteiger partial charge in [-0.25, -0.2) is 8.42 Å². The topological polar surface area (TPSA) is 88.8 Å². The average Bonchev–Trinajstić information content (AvgIpc) is 2.94. The first-order valence-corrected chi connectivity index (χ1v) is 7.19. The summed E-state index contributed by atoms with van der Waals surface area (Å²) in [6.07, 6.45) is 2.83. The van der Waals surface area contributed by atoms with Crippen LogP contribution in [0.2, 0.25) is 0 Å². The SMILES string of the molecule is COC1CC(C(=O)O)N(S(=O)(=O)c2ccn(C)c2)C1. The number of methoxy groups -OCH3 is 1. The largest absolute Gasteiger partial charge is 0.480 e.